The van der Waals surface area contributed by atoms with Gasteiger partial charge in [-0.15, -0.1) is 13.2 Å². The highest BCUT2D eigenvalue weighted by atomic mass is 19.4. The number of aliphatic hydroxyl groups excluding tert-OH is 1. The van der Waals surface area contributed by atoms with Gasteiger partial charge in [0.2, 0.25) is 0 Å². The number of halogens is 6. The molecule has 0 amide bonds. The van der Waals surface area contributed by atoms with E-state index in [9.17, 15) is 26.3 Å². The molecule has 0 atom stereocenters. The maximum absolute atomic E-state index is 12.6. The van der Waals surface area contributed by atoms with Crippen molar-refractivity contribution in [1.29, 1.82) is 0 Å². The van der Waals surface area contributed by atoms with Gasteiger partial charge in [-0.2, -0.15) is 13.2 Å². The van der Waals surface area contributed by atoms with Gasteiger partial charge in [-0.05, 0) is 6.07 Å². The van der Waals surface area contributed by atoms with E-state index in [0.29, 0.717) is 0 Å². The molecule has 0 aliphatic carbocycles. The van der Waals surface area contributed by atoms with Gasteiger partial charge in [-0.25, -0.2) is 4.98 Å². The predicted octanol–water partition coefficient (Wildman–Crippen LogP) is 1.95. The Bertz CT molecular complexity index is 457. The molecule has 4 nitrogen and oxygen atoms in total. The molecule has 3 N–H and O–H groups in total. The monoisotopic (exact) mass is 290 g/mol. The minimum atomic E-state index is -5.17. The highest BCUT2D eigenvalue weighted by molar-refractivity contribution is 5.37. The Morgan fingerprint density at radius 2 is 1.74 bits per heavy atom. The molecular formula is C9H8F6N2O2. The Morgan fingerprint density at radius 1 is 1.16 bits per heavy atom. The minimum Gasteiger partial charge on any atom is -0.404 e. The van der Waals surface area contributed by atoms with Crippen LogP contribution in [0.15, 0.2) is 6.07 Å². The average molecular weight is 290 g/mol. The van der Waals surface area contributed by atoms with Crippen LogP contribution in [0.2, 0.25) is 0 Å². The van der Waals surface area contributed by atoms with Crippen molar-refractivity contribution in [2.45, 2.75) is 25.7 Å². The second-order valence-electron chi connectivity index (χ2n) is 3.34. The number of hydrogen-bond acceptors (Lipinski definition) is 4. The van der Waals surface area contributed by atoms with Crippen LogP contribution in [0.1, 0.15) is 17.0 Å². The molecule has 1 rings (SSSR count). The Balaban J connectivity index is 3.38. The summed E-state index contributed by atoms with van der Waals surface area (Å²) in [5.41, 5.74) is 2.22. The van der Waals surface area contributed by atoms with Gasteiger partial charge < -0.3 is 15.6 Å². The molecule has 1 aromatic rings. The van der Waals surface area contributed by atoms with Crippen LogP contribution in [0.4, 0.5) is 26.3 Å². The highest BCUT2D eigenvalue weighted by Gasteiger charge is 2.38. The lowest BCUT2D eigenvalue weighted by atomic mass is 10.1. The lowest BCUT2D eigenvalue weighted by Crippen LogP contribution is -2.21. The number of aliphatic hydroxyl groups is 1. The number of pyridine rings is 1. The molecule has 0 bridgehead atoms. The fourth-order valence-corrected chi connectivity index (χ4v) is 1.30. The SMILES string of the molecule is NCc1nc(CO)c(C(F)(F)F)cc1OC(F)(F)F. The maximum atomic E-state index is 12.6. The van der Waals surface area contributed by atoms with Crippen LogP contribution in [0, 0.1) is 0 Å². The van der Waals surface area contributed by atoms with Crippen LogP contribution in [0.3, 0.4) is 0 Å². The number of aromatic nitrogens is 1. The molecule has 0 aliphatic heterocycles. The normalized spacial score (nSPS) is 12.6. The standard InChI is InChI=1S/C9H8F6N2O2/c10-8(11,12)4-1-7(19-9(13,14)15)5(2-16)17-6(4)3-18/h1,18H,2-3,16H2. The Labute approximate surface area is 102 Å². The zero-order valence-corrected chi connectivity index (χ0v) is 9.14. The third kappa shape index (κ3) is 3.96. The molecule has 0 saturated heterocycles. The summed E-state index contributed by atoms with van der Waals surface area (Å²) in [6.07, 6.45) is -10.1. The quantitative estimate of drug-likeness (QED) is 0.835. The zero-order chi connectivity index (χ0) is 14.8. The third-order valence-electron chi connectivity index (χ3n) is 2.01. The van der Waals surface area contributed by atoms with Crippen molar-refractivity contribution >= 4 is 0 Å². The fourth-order valence-electron chi connectivity index (χ4n) is 1.30. The molecule has 10 heteroatoms. The van der Waals surface area contributed by atoms with Gasteiger partial charge in [0.15, 0.2) is 5.75 Å². The summed E-state index contributed by atoms with van der Waals surface area (Å²) in [5.74, 6) is -1.14. The van der Waals surface area contributed by atoms with Gasteiger partial charge in [0.1, 0.15) is 0 Å². The smallest absolute Gasteiger partial charge is 0.404 e. The van der Waals surface area contributed by atoms with Gasteiger partial charge in [-0.3, -0.25) is 0 Å². The lowest BCUT2D eigenvalue weighted by molar-refractivity contribution is -0.275. The molecule has 108 valence electrons. The summed E-state index contributed by atoms with van der Waals surface area (Å²) in [6.45, 7) is -1.66. The largest absolute Gasteiger partial charge is 0.573 e. The predicted molar refractivity (Wildman–Crippen MR) is 49.7 cm³/mol. The molecule has 0 aromatic carbocycles. The molecule has 19 heavy (non-hydrogen) atoms. The van der Waals surface area contributed by atoms with Crippen molar-refractivity contribution in [3.05, 3.63) is 23.0 Å². The first-order valence-electron chi connectivity index (χ1n) is 4.75. The van der Waals surface area contributed by atoms with Crippen molar-refractivity contribution in [1.82, 2.24) is 4.98 Å². The van der Waals surface area contributed by atoms with Gasteiger partial charge in [-0.1, -0.05) is 0 Å². The van der Waals surface area contributed by atoms with E-state index < -0.39 is 48.4 Å². The van der Waals surface area contributed by atoms with E-state index in [1.807, 2.05) is 0 Å². The van der Waals surface area contributed by atoms with E-state index in [2.05, 4.69) is 9.72 Å². The number of alkyl halides is 6. The summed E-state index contributed by atoms with van der Waals surface area (Å²) < 4.78 is 77.3. The van der Waals surface area contributed by atoms with Crippen LogP contribution in [-0.4, -0.2) is 16.5 Å². The van der Waals surface area contributed by atoms with E-state index in [1.165, 1.54) is 0 Å². The van der Waals surface area contributed by atoms with Crippen molar-refractivity contribution < 1.29 is 36.2 Å². The van der Waals surface area contributed by atoms with Gasteiger partial charge in [0, 0.05) is 6.54 Å². The third-order valence-corrected chi connectivity index (χ3v) is 2.01. The maximum Gasteiger partial charge on any atom is 0.573 e. The highest BCUT2D eigenvalue weighted by Crippen LogP contribution is 2.36. The number of nitrogens with zero attached hydrogens (tertiary/aromatic N) is 1. The Hall–Kier alpha value is -1.55. The summed E-state index contributed by atoms with van der Waals surface area (Å²) in [5, 5.41) is 8.76. The van der Waals surface area contributed by atoms with Crippen molar-refractivity contribution in [2.24, 2.45) is 5.73 Å². The lowest BCUT2D eigenvalue weighted by Gasteiger charge is -2.17. The van der Waals surface area contributed by atoms with Crippen LogP contribution in [0.25, 0.3) is 0 Å². The second kappa shape index (κ2) is 5.21. The summed E-state index contributed by atoms with van der Waals surface area (Å²) in [4.78, 5) is 3.24. The molecule has 0 radical (unpaired) electrons. The van der Waals surface area contributed by atoms with E-state index in [4.69, 9.17) is 10.8 Å². The first kappa shape index (κ1) is 15.5. The summed E-state index contributed by atoms with van der Waals surface area (Å²) in [7, 11) is 0. The summed E-state index contributed by atoms with van der Waals surface area (Å²) in [6, 6.07) is 0.119. The number of nitrogens with two attached hydrogens (primary N) is 1. The minimum absolute atomic E-state index is 0.119. The van der Waals surface area contributed by atoms with Crippen LogP contribution < -0.4 is 10.5 Å². The number of hydrogen-bond donors (Lipinski definition) is 2. The van der Waals surface area contributed by atoms with E-state index in [0.717, 1.165) is 0 Å². The van der Waals surface area contributed by atoms with Gasteiger partial charge in [0.05, 0.1) is 23.6 Å². The van der Waals surface area contributed by atoms with E-state index >= 15 is 0 Å². The van der Waals surface area contributed by atoms with E-state index in [1.54, 1.807) is 0 Å². The first-order valence-corrected chi connectivity index (χ1v) is 4.75. The van der Waals surface area contributed by atoms with Crippen LogP contribution >= 0.6 is 0 Å². The number of rotatable bonds is 3. The first-order chi connectivity index (χ1) is 8.58. The van der Waals surface area contributed by atoms with Crippen molar-refractivity contribution in [2.75, 3.05) is 0 Å². The molecule has 1 heterocycles. The van der Waals surface area contributed by atoms with Crippen molar-refractivity contribution in [3.63, 3.8) is 0 Å². The number of ether oxygens (including phenoxy) is 1. The average Bonchev–Trinajstić information content (AvgIpc) is 2.25. The molecule has 0 aliphatic rings. The van der Waals surface area contributed by atoms with Crippen LogP contribution in [0.5, 0.6) is 5.75 Å². The van der Waals surface area contributed by atoms with E-state index in [-0.39, 0.29) is 6.07 Å². The topological polar surface area (TPSA) is 68.4 Å². The molecule has 0 spiro atoms. The fraction of sp³-hybridized carbons (Fsp3) is 0.444. The molecule has 1 aromatic heterocycles. The summed E-state index contributed by atoms with van der Waals surface area (Å²) >= 11 is 0. The van der Waals surface area contributed by atoms with Crippen LogP contribution in [-0.2, 0) is 19.3 Å². The Morgan fingerprint density at radius 3 is 2.11 bits per heavy atom. The molecule has 0 saturated carbocycles. The van der Waals surface area contributed by atoms with Crippen molar-refractivity contribution in [3.8, 4) is 5.75 Å². The zero-order valence-electron chi connectivity index (χ0n) is 9.14. The Kier molecular flexibility index (Phi) is 4.25. The molecule has 0 fully saturated rings. The molecular weight excluding hydrogens is 282 g/mol. The molecule has 0 unspecified atom stereocenters. The second-order valence-corrected chi connectivity index (χ2v) is 3.34. The van der Waals surface area contributed by atoms with Gasteiger partial charge in [0.25, 0.3) is 0 Å². The van der Waals surface area contributed by atoms with Gasteiger partial charge >= 0.3 is 12.5 Å².